The fourth-order valence-corrected chi connectivity index (χ4v) is 1.63. The van der Waals surface area contributed by atoms with Gasteiger partial charge < -0.3 is 14.8 Å². The van der Waals surface area contributed by atoms with Gasteiger partial charge in [0.15, 0.2) is 0 Å². The summed E-state index contributed by atoms with van der Waals surface area (Å²) in [5.74, 6) is -0.577. The lowest BCUT2D eigenvalue weighted by atomic mass is 10.2. The second kappa shape index (κ2) is 6.65. The molecule has 0 saturated carbocycles. The minimum Gasteiger partial charge on any atom is -0.486 e. The summed E-state index contributed by atoms with van der Waals surface area (Å²) >= 11 is 0. The Morgan fingerprint density at radius 2 is 2.05 bits per heavy atom. The predicted octanol–water partition coefficient (Wildman–Crippen LogP) is 1.51. The summed E-state index contributed by atoms with van der Waals surface area (Å²) in [5, 5.41) is 8.57. The van der Waals surface area contributed by atoms with Gasteiger partial charge in [-0.2, -0.15) is 0 Å². The maximum Gasteiger partial charge on any atom is 0.303 e. The molecular weight excluding hydrogens is 279 g/mol. The van der Waals surface area contributed by atoms with E-state index < -0.39 is 5.97 Å². The van der Waals surface area contributed by atoms with Crippen LogP contribution in [0.3, 0.4) is 0 Å². The van der Waals surface area contributed by atoms with E-state index in [1.165, 1.54) is 30.5 Å². The normalized spacial score (nSPS) is 10.3. The second-order valence-electron chi connectivity index (χ2n) is 4.32. The van der Waals surface area contributed by atoms with Gasteiger partial charge in [-0.3, -0.25) is 9.59 Å². The number of carboxylic acids is 1. The lowest BCUT2D eigenvalue weighted by Crippen LogP contribution is -2.18. The maximum atomic E-state index is 12.7. The second-order valence-corrected chi connectivity index (χ2v) is 4.32. The average molecular weight is 292 g/mol. The fourth-order valence-electron chi connectivity index (χ4n) is 1.63. The fraction of sp³-hybridized carbons (Fsp3) is 0.214. The lowest BCUT2D eigenvalue weighted by Gasteiger charge is -2.06. The van der Waals surface area contributed by atoms with Crippen LogP contribution in [0.4, 0.5) is 4.39 Å². The Bertz CT molecular complexity index is 682. The Kier molecular flexibility index (Phi) is 4.65. The number of aliphatic carboxylic acids is 1. The minimum atomic E-state index is -0.974. The highest BCUT2D eigenvalue weighted by atomic mass is 19.1. The molecule has 21 heavy (non-hydrogen) atoms. The molecule has 2 N–H and O–H groups in total. The number of aromatic amines is 1. The SMILES string of the molecule is O=C(O)CCc1cnc(COc2ccc(F)cc2)[nH]c1=O. The number of benzene rings is 1. The van der Waals surface area contributed by atoms with E-state index >= 15 is 0 Å². The van der Waals surface area contributed by atoms with E-state index in [4.69, 9.17) is 9.84 Å². The number of carboxylic acid groups (broad SMARTS) is 1. The number of aryl methyl sites for hydroxylation is 1. The van der Waals surface area contributed by atoms with Crippen LogP contribution in [-0.2, 0) is 17.8 Å². The number of hydrogen-bond donors (Lipinski definition) is 2. The van der Waals surface area contributed by atoms with Crippen LogP contribution < -0.4 is 10.3 Å². The quantitative estimate of drug-likeness (QED) is 0.841. The van der Waals surface area contributed by atoms with Gasteiger partial charge >= 0.3 is 5.97 Å². The van der Waals surface area contributed by atoms with Crippen molar-refractivity contribution in [3.8, 4) is 5.75 Å². The van der Waals surface area contributed by atoms with Crippen LogP contribution in [0.1, 0.15) is 17.8 Å². The zero-order valence-corrected chi connectivity index (χ0v) is 11.0. The van der Waals surface area contributed by atoms with Gasteiger partial charge in [0.1, 0.15) is 24.0 Å². The average Bonchev–Trinajstić information content (AvgIpc) is 2.45. The first-order chi connectivity index (χ1) is 10.0. The van der Waals surface area contributed by atoms with Gasteiger partial charge in [-0.15, -0.1) is 0 Å². The zero-order chi connectivity index (χ0) is 15.2. The molecule has 0 spiro atoms. The molecule has 0 fully saturated rings. The van der Waals surface area contributed by atoms with Crippen LogP contribution in [0.25, 0.3) is 0 Å². The van der Waals surface area contributed by atoms with Crippen LogP contribution in [0.5, 0.6) is 5.75 Å². The third-order valence-electron chi connectivity index (χ3n) is 2.72. The first-order valence-electron chi connectivity index (χ1n) is 6.22. The molecule has 2 aromatic rings. The number of H-pyrrole nitrogens is 1. The summed E-state index contributed by atoms with van der Waals surface area (Å²) < 4.78 is 18.1. The molecule has 2 rings (SSSR count). The van der Waals surface area contributed by atoms with Crippen molar-refractivity contribution in [2.45, 2.75) is 19.4 Å². The van der Waals surface area contributed by atoms with Crippen LogP contribution >= 0.6 is 0 Å². The van der Waals surface area contributed by atoms with E-state index in [0.29, 0.717) is 17.1 Å². The molecular formula is C14H13FN2O4. The number of hydrogen-bond acceptors (Lipinski definition) is 4. The molecule has 0 amide bonds. The molecule has 1 aromatic carbocycles. The zero-order valence-electron chi connectivity index (χ0n) is 11.0. The van der Waals surface area contributed by atoms with Gasteiger partial charge in [-0.1, -0.05) is 0 Å². The van der Waals surface area contributed by atoms with Crippen molar-refractivity contribution in [3.63, 3.8) is 0 Å². The molecule has 0 aliphatic carbocycles. The molecule has 1 heterocycles. The Morgan fingerprint density at radius 1 is 1.33 bits per heavy atom. The number of ether oxygens (including phenoxy) is 1. The molecule has 0 unspecified atom stereocenters. The van der Waals surface area contributed by atoms with E-state index in [9.17, 15) is 14.0 Å². The highest BCUT2D eigenvalue weighted by Crippen LogP contribution is 2.12. The van der Waals surface area contributed by atoms with Crippen molar-refractivity contribution >= 4 is 5.97 Å². The number of carbonyl (C=O) groups is 1. The molecule has 7 heteroatoms. The van der Waals surface area contributed by atoms with Crippen molar-refractivity contribution in [3.05, 3.63) is 58.0 Å². The monoisotopic (exact) mass is 292 g/mol. The summed E-state index contributed by atoms with van der Waals surface area (Å²) in [6.07, 6.45) is 1.33. The maximum absolute atomic E-state index is 12.7. The number of nitrogens with one attached hydrogen (secondary N) is 1. The Hall–Kier alpha value is -2.70. The summed E-state index contributed by atoms with van der Waals surface area (Å²) in [7, 11) is 0. The van der Waals surface area contributed by atoms with Crippen molar-refractivity contribution in [2.75, 3.05) is 0 Å². The Balaban J connectivity index is 1.98. The molecule has 6 nitrogen and oxygen atoms in total. The largest absolute Gasteiger partial charge is 0.486 e. The minimum absolute atomic E-state index is 0.0279. The first-order valence-corrected chi connectivity index (χ1v) is 6.22. The third-order valence-corrected chi connectivity index (χ3v) is 2.72. The van der Waals surface area contributed by atoms with Gasteiger partial charge in [0.05, 0.1) is 0 Å². The van der Waals surface area contributed by atoms with E-state index in [0.717, 1.165) is 0 Å². The summed E-state index contributed by atoms with van der Waals surface area (Å²) in [5.41, 5.74) is -0.0770. The van der Waals surface area contributed by atoms with Crippen molar-refractivity contribution in [2.24, 2.45) is 0 Å². The smallest absolute Gasteiger partial charge is 0.303 e. The van der Waals surface area contributed by atoms with Crippen LogP contribution in [0, 0.1) is 5.82 Å². The van der Waals surface area contributed by atoms with E-state index in [1.807, 2.05) is 0 Å². The van der Waals surface area contributed by atoms with Crippen LogP contribution in [0.15, 0.2) is 35.3 Å². The summed E-state index contributed by atoms with van der Waals surface area (Å²) in [6.45, 7) is 0.0279. The van der Waals surface area contributed by atoms with Gasteiger partial charge in [0.25, 0.3) is 5.56 Å². The molecule has 0 bridgehead atoms. The summed E-state index contributed by atoms with van der Waals surface area (Å²) in [4.78, 5) is 28.7. The highest BCUT2D eigenvalue weighted by Gasteiger charge is 2.06. The van der Waals surface area contributed by atoms with Gasteiger partial charge in [-0.05, 0) is 30.7 Å². The lowest BCUT2D eigenvalue weighted by molar-refractivity contribution is -0.136. The number of aromatic nitrogens is 2. The molecule has 0 saturated heterocycles. The van der Waals surface area contributed by atoms with Gasteiger partial charge in [0, 0.05) is 18.2 Å². The topological polar surface area (TPSA) is 92.3 Å². The van der Waals surface area contributed by atoms with Crippen molar-refractivity contribution in [1.82, 2.24) is 9.97 Å². The van der Waals surface area contributed by atoms with E-state index in [-0.39, 0.29) is 30.8 Å². The predicted molar refractivity (Wildman–Crippen MR) is 71.5 cm³/mol. The van der Waals surface area contributed by atoms with Gasteiger partial charge in [0.2, 0.25) is 0 Å². The number of rotatable bonds is 6. The molecule has 1 aromatic heterocycles. The standard InChI is InChI=1S/C14H13FN2O4/c15-10-2-4-11(5-3-10)21-8-12-16-7-9(14(20)17-12)1-6-13(18)19/h2-5,7H,1,6,8H2,(H,18,19)(H,16,17,20). The van der Waals surface area contributed by atoms with Crippen LogP contribution in [-0.4, -0.2) is 21.0 Å². The molecule has 110 valence electrons. The van der Waals surface area contributed by atoms with Crippen LogP contribution in [0.2, 0.25) is 0 Å². The molecule has 0 aliphatic rings. The highest BCUT2D eigenvalue weighted by molar-refractivity contribution is 5.67. The van der Waals surface area contributed by atoms with Gasteiger partial charge in [-0.25, -0.2) is 9.37 Å². The Morgan fingerprint density at radius 3 is 2.67 bits per heavy atom. The number of halogens is 1. The van der Waals surface area contributed by atoms with Crippen molar-refractivity contribution in [1.29, 1.82) is 0 Å². The molecule has 0 radical (unpaired) electrons. The van der Waals surface area contributed by atoms with E-state index in [1.54, 1.807) is 0 Å². The molecule has 0 aliphatic heterocycles. The number of nitrogens with zero attached hydrogens (tertiary/aromatic N) is 1. The summed E-state index contributed by atoms with van der Waals surface area (Å²) in [6, 6.07) is 5.46. The van der Waals surface area contributed by atoms with Crippen molar-refractivity contribution < 1.29 is 19.0 Å². The third kappa shape index (κ3) is 4.41. The van der Waals surface area contributed by atoms with E-state index in [2.05, 4.69) is 9.97 Å². The molecule has 0 atom stereocenters. The Labute approximate surface area is 119 Å². The first kappa shape index (κ1) is 14.7.